The van der Waals surface area contributed by atoms with E-state index in [4.69, 9.17) is 4.74 Å². The maximum atomic E-state index is 12.8. The number of ether oxygens (including phenoxy) is 1. The van der Waals surface area contributed by atoms with Crippen LogP contribution in [0.5, 0.6) is 0 Å². The minimum atomic E-state index is -0.307. The van der Waals surface area contributed by atoms with Gasteiger partial charge in [0.05, 0.1) is 31.9 Å². The Morgan fingerprint density at radius 3 is 2.67 bits per heavy atom. The van der Waals surface area contributed by atoms with Crippen LogP contribution in [0.1, 0.15) is 19.0 Å². The van der Waals surface area contributed by atoms with Crippen molar-refractivity contribution in [1.82, 2.24) is 19.7 Å². The Hall–Kier alpha value is -1.99. The third-order valence-corrected chi connectivity index (χ3v) is 6.10. The second-order valence-electron chi connectivity index (χ2n) is 8.45. The number of morpholine rings is 1. The van der Waals surface area contributed by atoms with E-state index in [0.29, 0.717) is 38.7 Å². The normalized spacial score (nSPS) is 29.3. The van der Waals surface area contributed by atoms with Crippen LogP contribution < -0.4 is 0 Å². The number of hydrogen-bond acceptors (Lipinski definition) is 5. The minimum Gasteiger partial charge on any atom is -0.368 e. The highest BCUT2D eigenvalue weighted by molar-refractivity contribution is 5.83. The van der Waals surface area contributed by atoms with E-state index < -0.39 is 0 Å². The van der Waals surface area contributed by atoms with E-state index in [1.807, 2.05) is 30.1 Å². The summed E-state index contributed by atoms with van der Waals surface area (Å²) >= 11 is 0. The number of carbonyl (C=O) groups is 2. The molecule has 1 aromatic heterocycles. The average molecular weight is 372 g/mol. The van der Waals surface area contributed by atoms with Gasteiger partial charge in [0, 0.05) is 25.7 Å². The fourth-order valence-corrected chi connectivity index (χ4v) is 4.22. The van der Waals surface area contributed by atoms with Crippen LogP contribution in [-0.4, -0.2) is 83.5 Å². The molecule has 1 spiro atoms. The largest absolute Gasteiger partial charge is 0.368 e. The molecular formula is C20H28N4O3. The SMILES string of the molecule is C[C@@H]1C[C@H]1C(=O)N1CC2(C1)CN(C)[C@H](C(=O)N(C)Cc1ccccn1)CO2. The number of nitrogens with zero attached hydrogens (tertiary/aromatic N) is 4. The van der Waals surface area contributed by atoms with Crippen molar-refractivity contribution in [3.8, 4) is 0 Å². The van der Waals surface area contributed by atoms with Crippen LogP contribution >= 0.6 is 0 Å². The van der Waals surface area contributed by atoms with Gasteiger partial charge in [-0.3, -0.25) is 19.5 Å². The van der Waals surface area contributed by atoms with Crippen molar-refractivity contribution in [2.24, 2.45) is 11.8 Å². The number of carbonyl (C=O) groups excluding carboxylic acids is 2. The van der Waals surface area contributed by atoms with Gasteiger partial charge in [0.2, 0.25) is 11.8 Å². The maximum absolute atomic E-state index is 12.8. The highest BCUT2D eigenvalue weighted by Gasteiger charge is 2.54. The molecule has 146 valence electrons. The standard InChI is InChI=1S/C20H28N4O3/c1-14-8-16(14)18(25)24-12-20(13-24)11-23(3)17(10-27-20)19(26)22(2)9-15-6-4-5-7-21-15/h4-7,14,16-17H,8-13H2,1-3H3/t14-,16-,17+/m1/s1. The Balaban J connectivity index is 1.30. The Kier molecular flexibility index (Phi) is 4.68. The molecule has 1 aromatic rings. The molecule has 1 saturated carbocycles. The van der Waals surface area contributed by atoms with Crippen molar-refractivity contribution >= 4 is 11.8 Å². The van der Waals surface area contributed by atoms with Crippen LogP contribution in [0.25, 0.3) is 0 Å². The first-order valence-corrected chi connectivity index (χ1v) is 9.66. The van der Waals surface area contributed by atoms with Crippen molar-refractivity contribution in [1.29, 1.82) is 0 Å². The number of likely N-dealkylation sites (tertiary alicyclic amines) is 1. The number of hydrogen-bond donors (Lipinski definition) is 0. The van der Waals surface area contributed by atoms with Crippen LogP contribution in [0.4, 0.5) is 0 Å². The van der Waals surface area contributed by atoms with E-state index in [9.17, 15) is 9.59 Å². The van der Waals surface area contributed by atoms with E-state index in [-0.39, 0.29) is 29.4 Å². The summed E-state index contributed by atoms with van der Waals surface area (Å²) in [6, 6.07) is 5.41. The van der Waals surface area contributed by atoms with Crippen LogP contribution in [0, 0.1) is 11.8 Å². The van der Waals surface area contributed by atoms with E-state index in [1.165, 1.54) is 0 Å². The lowest BCUT2D eigenvalue weighted by Gasteiger charge is -2.55. The fourth-order valence-electron chi connectivity index (χ4n) is 4.22. The Morgan fingerprint density at radius 2 is 2.07 bits per heavy atom. The molecule has 0 N–H and O–H groups in total. The summed E-state index contributed by atoms with van der Waals surface area (Å²) in [5.41, 5.74) is 0.561. The summed E-state index contributed by atoms with van der Waals surface area (Å²) in [4.78, 5) is 35.2. The first-order chi connectivity index (χ1) is 12.9. The van der Waals surface area contributed by atoms with Gasteiger partial charge >= 0.3 is 0 Å². The third-order valence-electron chi connectivity index (χ3n) is 6.10. The fraction of sp³-hybridized carbons (Fsp3) is 0.650. The van der Waals surface area contributed by atoms with Crippen LogP contribution in [0.15, 0.2) is 24.4 Å². The molecule has 3 heterocycles. The molecule has 7 heteroatoms. The lowest BCUT2D eigenvalue weighted by Crippen LogP contribution is -2.73. The molecule has 3 fully saturated rings. The molecule has 1 aliphatic carbocycles. The van der Waals surface area contributed by atoms with Gasteiger partial charge in [-0.05, 0) is 31.5 Å². The lowest BCUT2D eigenvalue weighted by molar-refractivity contribution is -0.203. The topological polar surface area (TPSA) is 66.0 Å². The highest BCUT2D eigenvalue weighted by Crippen LogP contribution is 2.42. The number of rotatable bonds is 4. The third kappa shape index (κ3) is 3.58. The number of amides is 2. The zero-order valence-electron chi connectivity index (χ0n) is 16.3. The summed E-state index contributed by atoms with van der Waals surface area (Å²) in [7, 11) is 3.77. The molecule has 7 nitrogen and oxygen atoms in total. The summed E-state index contributed by atoms with van der Waals surface area (Å²) in [6.07, 6.45) is 2.75. The predicted octanol–water partition coefficient (Wildman–Crippen LogP) is 0.608. The van der Waals surface area contributed by atoms with Gasteiger partial charge in [-0.15, -0.1) is 0 Å². The molecule has 3 aliphatic rings. The quantitative estimate of drug-likeness (QED) is 0.775. The van der Waals surface area contributed by atoms with Gasteiger partial charge in [0.1, 0.15) is 11.6 Å². The van der Waals surface area contributed by atoms with Gasteiger partial charge in [0.25, 0.3) is 0 Å². The second-order valence-corrected chi connectivity index (χ2v) is 8.45. The smallest absolute Gasteiger partial charge is 0.242 e. The van der Waals surface area contributed by atoms with E-state index in [2.05, 4.69) is 16.8 Å². The Morgan fingerprint density at radius 1 is 1.33 bits per heavy atom. The monoisotopic (exact) mass is 372 g/mol. The molecule has 2 aliphatic heterocycles. The summed E-state index contributed by atoms with van der Waals surface area (Å²) < 4.78 is 6.11. The average Bonchev–Trinajstić information content (AvgIpc) is 3.36. The number of likely N-dealkylation sites (N-methyl/N-ethyl adjacent to an activating group) is 2. The molecule has 2 saturated heterocycles. The summed E-state index contributed by atoms with van der Waals surface area (Å²) in [5, 5.41) is 0. The maximum Gasteiger partial charge on any atom is 0.242 e. The second kappa shape index (κ2) is 6.87. The number of pyridine rings is 1. The van der Waals surface area contributed by atoms with Gasteiger partial charge in [-0.2, -0.15) is 0 Å². The van der Waals surface area contributed by atoms with Crippen molar-refractivity contribution in [2.45, 2.75) is 31.5 Å². The van der Waals surface area contributed by atoms with Crippen LogP contribution in [0.2, 0.25) is 0 Å². The van der Waals surface area contributed by atoms with Gasteiger partial charge in [-0.1, -0.05) is 13.0 Å². The predicted molar refractivity (Wildman–Crippen MR) is 99.7 cm³/mol. The Bertz CT molecular complexity index is 719. The molecular weight excluding hydrogens is 344 g/mol. The van der Waals surface area contributed by atoms with Crippen molar-refractivity contribution in [3.63, 3.8) is 0 Å². The molecule has 3 atom stereocenters. The van der Waals surface area contributed by atoms with E-state index >= 15 is 0 Å². The van der Waals surface area contributed by atoms with Crippen LogP contribution in [-0.2, 0) is 20.9 Å². The van der Waals surface area contributed by atoms with Crippen molar-refractivity contribution in [2.75, 3.05) is 40.3 Å². The first-order valence-electron chi connectivity index (χ1n) is 9.66. The van der Waals surface area contributed by atoms with Gasteiger partial charge in [0.15, 0.2) is 0 Å². The molecule has 0 unspecified atom stereocenters. The van der Waals surface area contributed by atoms with E-state index in [1.54, 1.807) is 18.1 Å². The summed E-state index contributed by atoms with van der Waals surface area (Å²) in [5.74, 6) is 1.06. The van der Waals surface area contributed by atoms with Gasteiger partial charge < -0.3 is 14.5 Å². The first kappa shape index (κ1) is 18.4. The van der Waals surface area contributed by atoms with Gasteiger partial charge in [-0.25, -0.2) is 0 Å². The van der Waals surface area contributed by atoms with Crippen molar-refractivity contribution < 1.29 is 14.3 Å². The molecule has 4 rings (SSSR count). The zero-order valence-corrected chi connectivity index (χ0v) is 16.3. The highest BCUT2D eigenvalue weighted by atomic mass is 16.5. The molecule has 27 heavy (non-hydrogen) atoms. The lowest BCUT2D eigenvalue weighted by atomic mass is 9.90. The number of aromatic nitrogens is 1. The molecule has 2 amide bonds. The van der Waals surface area contributed by atoms with E-state index in [0.717, 1.165) is 12.1 Å². The zero-order chi connectivity index (χ0) is 19.2. The summed E-state index contributed by atoms with van der Waals surface area (Å²) in [6.45, 7) is 4.93. The molecule has 0 radical (unpaired) electrons. The molecule has 0 aromatic carbocycles. The molecule has 0 bridgehead atoms. The van der Waals surface area contributed by atoms with Crippen molar-refractivity contribution in [3.05, 3.63) is 30.1 Å². The Labute approximate surface area is 160 Å². The minimum absolute atomic E-state index is 0.0389. The van der Waals surface area contributed by atoms with Crippen LogP contribution in [0.3, 0.4) is 0 Å².